The van der Waals surface area contributed by atoms with Gasteiger partial charge in [-0.15, -0.1) is 0 Å². The number of ether oxygens (including phenoxy) is 2. The van der Waals surface area contributed by atoms with Crippen LogP contribution in [-0.4, -0.2) is 35.2 Å². The molecule has 0 spiro atoms. The molecule has 0 bridgehead atoms. The normalized spacial score (nSPS) is 13.6. The molecule has 0 unspecified atom stereocenters. The Hall–Kier alpha value is -2.70. The lowest BCUT2D eigenvalue weighted by molar-refractivity contribution is 0.174. The first kappa shape index (κ1) is 15.2. The Morgan fingerprint density at radius 1 is 1.39 bits per heavy atom. The highest BCUT2D eigenvalue weighted by molar-refractivity contribution is 5.74. The fourth-order valence-corrected chi connectivity index (χ4v) is 2.43. The first-order chi connectivity index (χ1) is 11.2. The minimum atomic E-state index is -0.176. The number of carbonyl (C=O) groups excluding carboxylic acids is 1. The maximum absolute atomic E-state index is 11.9. The largest absolute Gasteiger partial charge is 0.454 e. The molecule has 2 amide bonds. The van der Waals surface area contributed by atoms with Gasteiger partial charge in [-0.3, -0.25) is 4.68 Å². The van der Waals surface area contributed by atoms with E-state index in [0.29, 0.717) is 13.1 Å². The van der Waals surface area contributed by atoms with Gasteiger partial charge in [0.1, 0.15) is 0 Å². The molecule has 23 heavy (non-hydrogen) atoms. The highest BCUT2D eigenvalue weighted by atomic mass is 16.7. The van der Waals surface area contributed by atoms with Crippen molar-refractivity contribution in [2.45, 2.75) is 25.9 Å². The average Bonchev–Trinajstić information content (AvgIpc) is 3.17. The Bertz CT molecular complexity index is 657. The zero-order valence-corrected chi connectivity index (χ0v) is 13.0. The third kappa shape index (κ3) is 4.15. The molecule has 2 heterocycles. The van der Waals surface area contributed by atoms with Crippen LogP contribution >= 0.6 is 0 Å². The smallest absolute Gasteiger partial charge is 0.315 e. The number of carbonyl (C=O) groups is 1. The number of aromatic nitrogens is 2. The Morgan fingerprint density at radius 3 is 3.09 bits per heavy atom. The van der Waals surface area contributed by atoms with E-state index in [9.17, 15) is 4.79 Å². The lowest BCUT2D eigenvalue weighted by Crippen LogP contribution is -2.43. The summed E-state index contributed by atoms with van der Waals surface area (Å²) in [5, 5.41) is 9.86. The van der Waals surface area contributed by atoms with Gasteiger partial charge in [0.05, 0.1) is 6.54 Å². The fraction of sp³-hybridized carbons (Fsp3) is 0.375. The molecule has 0 radical (unpaired) electrons. The van der Waals surface area contributed by atoms with Crippen LogP contribution < -0.4 is 20.1 Å². The highest BCUT2D eigenvalue weighted by Gasteiger charge is 2.13. The number of amides is 2. The van der Waals surface area contributed by atoms with Gasteiger partial charge in [-0.2, -0.15) is 5.10 Å². The predicted molar refractivity (Wildman–Crippen MR) is 84.5 cm³/mol. The fourth-order valence-electron chi connectivity index (χ4n) is 2.43. The zero-order chi connectivity index (χ0) is 16.1. The first-order valence-corrected chi connectivity index (χ1v) is 7.61. The van der Waals surface area contributed by atoms with Crippen LogP contribution in [0.25, 0.3) is 0 Å². The van der Waals surface area contributed by atoms with Crippen molar-refractivity contribution in [1.29, 1.82) is 0 Å². The number of rotatable bonds is 6. The van der Waals surface area contributed by atoms with E-state index in [2.05, 4.69) is 15.7 Å². The minimum absolute atomic E-state index is 0.000410. The van der Waals surface area contributed by atoms with E-state index in [0.717, 1.165) is 23.5 Å². The maximum atomic E-state index is 11.9. The zero-order valence-electron chi connectivity index (χ0n) is 13.0. The molecule has 1 aliphatic rings. The second kappa shape index (κ2) is 7.04. The summed E-state index contributed by atoms with van der Waals surface area (Å²) in [4.78, 5) is 11.9. The summed E-state index contributed by atoms with van der Waals surface area (Å²) in [6, 6.07) is 7.50. The predicted octanol–water partition coefficient (Wildman–Crippen LogP) is 1.54. The molecule has 1 atom stereocenters. The second-order valence-electron chi connectivity index (χ2n) is 5.47. The van der Waals surface area contributed by atoms with E-state index in [1.165, 1.54) is 0 Å². The number of benzene rings is 1. The summed E-state index contributed by atoms with van der Waals surface area (Å²) < 4.78 is 12.4. The van der Waals surface area contributed by atoms with Gasteiger partial charge in [0.25, 0.3) is 0 Å². The van der Waals surface area contributed by atoms with Crippen LogP contribution in [0.5, 0.6) is 11.5 Å². The Balaban J connectivity index is 1.39. The monoisotopic (exact) mass is 316 g/mol. The Kier molecular flexibility index (Phi) is 4.65. The van der Waals surface area contributed by atoms with Crippen molar-refractivity contribution in [1.82, 2.24) is 20.4 Å². The molecule has 122 valence electrons. The van der Waals surface area contributed by atoms with Gasteiger partial charge in [-0.05, 0) is 37.1 Å². The standard InChI is InChI=1S/C16H20N4O3/c1-12(10-20-8-2-6-18-20)19-16(21)17-7-5-13-3-4-14-15(9-13)23-11-22-14/h2-4,6,8-9,12H,5,7,10-11H2,1H3,(H2,17,19,21)/t12-/m0/s1. The molecule has 1 aromatic heterocycles. The molecular weight excluding hydrogens is 296 g/mol. The molecule has 0 aliphatic carbocycles. The van der Waals surface area contributed by atoms with Crippen LogP contribution in [-0.2, 0) is 13.0 Å². The number of hydrogen-bond donors (Lipinski definition) is 2. The lowest BCUT2D eigenvalue weighted by atomic mass is 10.1. The van der Waals surface area contributed by atoms with Crippen molar-refractivity contribution < 1.29 is 14.3 Å². The summed E-state index contributed by atoms with van der Waals surface area (Å²) in [5.74, 6) is 1.53. The van der Waals surface area contributed by atoms with Crippen LogP contribution in [0.1, 0.15) is 12.5 Å². The average molecular weight is 316 g/mol. The van der Waals surface area contributed by atoms with Gasteiger partial charge in [0.15, 0.2) is 11.5 Å². The van der Waals surface area contributed by atoms with Gasteiger partial charge >= 0.3 is 6.03 Å². The molecule has 3 rings (SSSR count). The number of urea groups is 1. The van der Waals surface area contributed by atoms with Crippen LogP contribution in [0.3, 0.4) is 0 Å². The molecule has 0 saturated heterocycles. The topological polar surface area (TPSA) is 77.4 Å². The summed E-state index contributed by atoms with van der Waals surface area (Å²) in [6.07, 6.45) is 4.32. The first-order valence-electron chi connectivity index (χ1n) is 7.61. The van der Waals surface area contributed by atoms with Crippen LogP contribution in [0.4, 0.5) is 4.79 Å². The highest BCUT2D eigenvalue weighted by Crippen LogP contribution is 2.32. The number of fused-ring (bicyclic) bond motifs is 1. The quantitative estimate of drug-likeness (QED) is 0.847. The third-order valence-corrected chi connectivity index (χ3v) is 3.53. The van der Waals surface area contributed by atoms with Crippen molar-refractivity contribution >= 4 is 6.03 Å². The number of hydrogen-bond acceptors (Lipinski definition) is 4. The van der Waals surface area contributed by atoms with Crippen molar-refractivity contribution in [2.24, 2.45) is 0 Å². The van der Waals surface area contributed by atoms with Gasteiger partial charge in [-0.25, -0.2) is 4.79 Å². The van der Waals surface area contributed by atoms with Gasteiger partial charge in [0.2, 0.25) is 6.79 Å². The van der Waals surface area contributed by atoms with Crippen LogP contribution in [0.2, 0.25) is 0 Å². The van der Waals surface area contributed by atoms with Crippen LogP contribution in [0.15, 0.2) is 36.7 Å². The summed E-state index contributed by atoms with van der Waals surface area (Å²) in [7, 11) is 0. The summed E-state index contributed by atoms with van der Waals surface area (Å²) >= 11 is 0. The molecule has 7 heteroatoms. The van der Waals surface area contributed by atoms with E-state index in [1.54, 1.807) is 10.9 Å². The molecule has 2 aromatic rings. The molecule has 1 aliphatic heterocycles. The van der Waals surface area contributed by atoms with E-state index in [-0.39, 0.29) is 18.9 Å². The molecule has 1 aromatic carbocycles. The molecule has 7 nitrogen and oxygen atoms in total. The molecular formula is C16H20N4O3. The minimum Gasteiger partial charge on any atom is -0.454 e. The third-order valence-electron chi connectivity index (χ3n) is 3.53. The van der Waals surface area contributed by atoms with Crippen LogP contribution in [0, 0.1) is 0 Å². The van der Waals surface area contributed by atoms with Crippen molar-refractivity contribution in [3.63, 3.8) is 0 Å². The number of nitrogens with zero attached hydrogens (tertiary/aromatic N) is 2. The summed E-state index contributed by atoms with van der Waals surface area (Å²) in [5.41, 5.74) is 1.10. The Morgan fingerprint density at radius 2 is 2.26 bits per heavy atom. The van der Waals surface area contributed by atoms with E-state index in [4.69, 9.17) is 9.47 Å². The van der Waals surface area contributed by atoms with Crippen molar-refractivity contribution in [3.05, 3.63) is 42.2 Å². The second-order valence-corrected chi connectivity index (χ2v) is 5.47. The van der Waals surface area contributed by atoms with Gasteiger partial charge < -0.3 is 20.1 Å². The maximum Gasteiger partial charge on any atom is 0.315 e. The molecule has 2 N–H and O–H groups in total. The SMILES string of the molecule is C[C@@H](Cn1cccn1)NC(=O)NCCc1ccc2c(c1)OCO2. The molecule has 0 saturated carbocycles. The van der Waals surface area contributed by atoms with E-state index >= 15 is 0 Å². The van der Waals surface area contributed by atoms with E-state index < -0.39 is 0 Å². The van der Waals surface area contributed by atoms with Crippen molar-refractivity contribution in [2.75, 3.05) is 13.3 Å². The van der Waals surface area contributed by atoms with E-state index in [1.807, 2.05) is 37.4 Å². The Labute approximate surface area is 134 Å². The van der Waals surface area contributed by atoms with Gasteiger partial charge in [0, 0.05) is 25.0 Å². The van der Waals surface area contributed by atoms with Gasteiger partial charge in [-0.1, -0.05) is 6.07 Å². The van der Waals surface area contributed by atoms with Crippen molar-refractivity contribution in [3.8, 4) is 11.5 Å². The summed E-state index contributed by atoms with van der Waals surface area (Å²) in [6.45, 7) is 3.41. The lowest BCUT2D eigenvalue weighted by Gasteiger charge is -2.14. The number of nitrogens with one attached hydrogen (secondary N) is 2. The molecule has 0 fully saturated rings.